The third-order valence-corrected chi connectivity index (χ3v) is 10.6. The average molecular weight is 781 g/mol. The number of allylic oxidation sites excluding steroid dienone is 2. The third-order valence-electron chi connectivity index (χ3n) is 9.61. The van der Waals surface area contributed by atoms with Crippen LogP contribution >= 0.6 is 7.82 Å². The van der Waals surface area contributed by atoms with E-state index in [1.807, 2.05) is 0 Å². The number of aliphatic hydroxyl groups excluding tert-OH is 5. The smallest absolute Gasteiger partial charge is 0.462 e. The van der Waals surface area contributed by atoms with E-state index in [4.69, 9.17) is 18.5 Å². The lowest BCUT2D eigenvalue weighted by Crippen LogP contribution is -2.64. The molecule has 0 spiro atoms. The Bertz CT molecular complexity index is 996. The van der Waals surface area contributed by atoms with E-state index < -0.39 is 75.7 Å². The van der Waals surface area contributed by atoms with Gasteiger partial charge in [-0.05, 0) is 38.5 Å². The van der Waals surface area contributed by atoms with E-state index in [1.165, 1.54) is 70.6 Å². The lowest BCUT2D eigenvalue weighted by molar-refractivity contribution is -0.220. The second-order valence-electron chi connectivity index (χ2n) is 14.5. The van der Waals surface area contributed by atoms with E-state index in [1.54, 1.807) is 0 Å². The Hall–Kier alpha value is -1.41. The first-order valence-corrected chi connectivity index (χ1v) is 22.0. The summed E-state index contributed by atoms with van der Waals surface area (Å²) in [7, 11) is -5.11. The molecule has 0 bridgehead atoms. The summed E-state index contributed by atoms with van der Waals surface area (Å²) >= 11 is 0. The first-order chi connectivity index (χ1) is 25.4. The molecular formula is C39H73O13P. The van der Waals surface area contributed by atoms with Crippen LogP contribution in [0.5, 0.6) is 0 Å². The molecule has 0 heterocycles. The summed E-state index contributed by atoms with van der Waals surface area (Å²) < 4.78 is 33.3. The number of phosphoric ester groups is 1. The summed E-state index contributed by atoms with van der Waals surface area (Å²) in [6, 6.07) is 0. The van der Waals surface area contributed by atoms with Crippen LogP contribution in [0.25, 0.3) is 0 Å². The molecule has 1 aliphatic rings. The van der Waals surface area contributed by atoms with Crippen molar-refractivity contribution in [3.63, 3.8) is 0 Å². The Morgan fingerprint density at radius 2 is 0.962 bits per heavy atom. The van der Waals surface area contributed by atoms with Gasteiger partial charge in [0.05, 0.1) is 6.61 Å². The van der Waals surface area contributed by atoms with Crippen LogP contribution in [0.3, 0.4) is 0 Å². The zero-order valence-corrected chi connectivity index (χ0v) is 33.5. The predicted molar refractivity (Wildman–Crippen MR) is 203 cm³/mol. The molecule has 0 aromatic heterocycles. The Balaban J connectivity index is 2.51. The molecule has 0 amide bonds. The average Bonchev–Trinajstić information content (AvgIpc) is 3.13. The number of rotatable bonds is 33. The number of ether oxygens (including phenoxy) is 2. The predicted octanol–water partition coefficient (Wildman–Crippen LogP) is 6.72. The maximum absolute atomic E-state index is 12.7. The van der Waals surface area contributed by atoms with Crippen molar-refractivity contribution in [3.05, 3.63) is 12.2 Å². The summed E-state index contributed by atoms with van der Waals surface area (Å²) in [6.45, 7) is 3.24. The molecule has 1 aliphatic carbocycles. The Morgan fingerprint density at radius 1 is 0.566 bits per heavy atom. The SMILES string of the molecule is CCCCCCCC/C=C\CCCCCCCC(=O)OC(COC(=O)CCCCCCCCCCC)COP(=O)(O)OC1C(O)C(O)C(O)C(O)C1O. The van der Waals surface area contributed by atoms with E-state index in [0.29, 0.717) is 12.8 Å². The van der Waals surface area contributed by atoms with Gasteiger partial charge in [0.1, 0.15) is 43.2 Å². The topological polar surface area (TPSA) is 210 Å². The summed E-state index contributed by atoms with van der Waals surface area (Å²) in [4.78, 5) is 35.4. The van der Waals surface area contributed by atoms with Crippen LogP contribution in [0.15, 0.2) is 12.2 Å². The van der Waals surface area contributed by atoms with Gasteiger partial charge in [0.15, 0.2) is 6.10 Å². The highest BCUT2D eigenvalue weighted by atomic mass is 31.2. The Labute approximate surface area is 318 Å². The van der Waals surface area contributed by atoms with Gasteiger partial charge in [0.25, 0.3) is 0 Å². The van der Waals surface area contributed by atoms with Crippen molar-refractivity contribution < 1.29 is 63.1 Å². The lowest BCUT2D eigenvalue weighted by Gasteiger charge is -2.41. The van der Waals surface area contributed by atoms with E-state index in [9.17, 15) is 44.6 Å². The molecule has 312 valence electrons. The molecule has 6 unspecified atom stereocenters. The summed E-state index contributed by atoms with van der Waals surface area (Å²) in [5, 5.41) is 49.9. The maximum Gasteiger partial charge on any atom is 0.472 e. The van der Waals surface area contributed by atoms with Gasteiger partial charge in [-0.15, -0.1) is 0 Å². The van der Waals surface area contributed by atoms with Crippen molar-refractivity contribution in [1.82, 2.24) is 0 Å². The number of hydrogen-bond acceptors (Lipinski definition) is 12. The fourth-order valence-corrected chi connectivity index (χ4v) is 7.19. The molecule has 0 radical (unpaired) electrons. The summed E-state index contributed by atoms with van der Waals surface area (Å²) in [5.41, 5.74) is 0. The quantitative estimate of drug-likeness (QED) is 0.0177. The van der Waals surface area contributed by atoms with E-state index in [-0.39, 0.29) is 12.8 Å². The number of unbranched alkanes of at least 4 members (excludes halogenated alkanes) is 19. The number of hydrogen-bond donors (Lipinski definition) is 6. The van der Waals surface area contributed by atoms with Crippen LogP contribution in [0.4, 0.5) is 0 Å². The van der Waals surface area contributed by atoms with Gasteiger partial charge in [0, 0.05) is 12.8 Å². The minimum absolute atomic E-state index is 0.0902. The summed E-state index contributed by atoms with van der Waals surface area (Å²) in [5.74, 6) is -1.11. The molecule has 0 aromatic carbocycles. The number of phosphoric acid groups is 1. The van der Waals surface area contributed by atoms with Crippen LogP contribution in [0.2, 0.25) is 0 Å². The molecule has 6 atom stereocenters. The largest absolute Gasteiger partial charge is 0.472 e. The summed E-state index contributed by atoms with van der Waals surface area (Å²) in [6.07, 6.45) is 15.8. The fourth-order valence-electron chi connectivity index (χ4n) is 6.22. The van der Waals surface area contributed by atoms with Crippen LogP contribution in [-0.4, -0.2) is 98.3 Å². The van der Waals surface area contributed by atoms with Gasteiger partial charge >= 0.3 is 19.8 Å². The maximum atomic E-state index is 12.7. The molecule has 1 saturated carbocycles. The van der Waals surface area contributed by atoms with Gasteiger partial charge in [-0.1, -0.05) is 129 Å². The number of carbonyl (C=O) groups is 2. The van der Waals surface area contributed by atoms with Gasteiger partial charge in [-0.3, -0.25) is 18.6 Å². The first kappa shape index (κ1) is 49.6. The highest BCUT2D eigenvalue weighted by Gasteiger charge is 2.51. The van der Waals surface area contributed by atoms with Crippen LogP contribution in [0, 0.1) is 0 Å². The number of aliphatic hydroxyl groups is 5. The van der Waals surface area contributed by atoms with Crippen molar-refractivity contribution in [2.45, 2.75) is 211 Å². The lowest BCUT2D eigenvalue weighted by atomic mass is 9.85. The third kappa shape index (κ3) is 24.0. The molecule has 6 N–H and O–H groups in total. The normalized spacial score (nSPS) is 23.5. The highest BCUT2D eigenvalue weighted by molar-refractivity contribution is 7.47. The van der Waals surface area contributed by atoms with Crippen LogP contribution in [0.1, 0.15) is 168 Å². The fraction of sp³-hybridized carbons (Fsp3) is 0.897. The second kappa shape index (κ2) is 30.8. The highest BCUT2D eigenvalue weighted by Crippen LogP contribution is 2.47. The van der Waals surface area contributed by atoms with Gasteiger partial charge in [-0.2, -0.15) is 0 Å². The molecule has 0 saturated heterocycles. The van der Waals surface area contributed by atoms with Crippen molar-refractivity contribution in [2.75, 3.05) is 13.2 Å². The standard InChI is InChI=1S/C39H73O13P/c1-3-5-7-9-11-13-14-15-16-17-18-20-22-24-26-28-33(41)51-31(29-49-32(40)27-25-23-21-19-12-10-8-6-4-2)30-50-53(47,48)52-39-37(45)35(43)34(42)36(44)38(39)46/h15-16,31,34-39,42-46H,3-14,17-30H2,1-2H3,(H,47,48)/b16-15-. The minimum atomic E-state index is -5.11. The molecule has 0 aliphatic heterocycles. The minimum Gasteiger partial charge on any atom is -0.462 e. The molecule has 14 heteroatoms. The van der Waals surface area contributed by atoms with Crippen molar-refractivity contribution in [2.24, 2.45) is 0 Å². The molecular weight excluding hydrogens is 707 g/mol. The molecule has 13 nitrogen and oxygen atoms in total. The van der Waals surface area contributed by atoms with Crippen molar-refractivity contribution in [3.8, 4) is 0 Å². The zero-order valence-electron chi connectivity index (χ0n) is 32.6. The molecule has 1 fully saturated rings. The van der Waals surface area contributed by atoms with E-state index in [2.05, 4.69) is 26.0 Å². The molecule has 53 heavy (non-hydrogen) atoms. The van der Waals surface area contributed by atoms with Crippen LogP contribution in [-0.2, 0) is 32.7 Å². The number of esters is 2. The Morgan fingerprint density at radius 3 is 1.43 bits per heavy atom. The van der Waals surface area contributed by atoms with Gasteiger partial charge < -0.3 is 39.9 Å². The van der Waals surface area contributed by atoms with Crippen molar-refractivity contribution in [1.29, 1.82) is 0 Å². The molecule has 0 aromatic rings. The van der Waals surface area contributed by atoms with Gasteiger partial charge in [-0.25, -0.2) is 4.57 Å². The molecule has 1 rings (SSSR count). The number of carbonyl (C=O) groups excluding carboxylic acids is 2. The van der Waals surface area contributed by atoms with Gasteiger partial charge in [0.2, 0.25) is 0 Å². The monoisotopic (exact) mass is 780 g/mol. The van der Waals surface area contributed by atoms with Crippen molar-refractivity contribution >= 4 is 19.8 Å². The van der Waals surface area contributed by atoms with E-state index >= 15 is 0 Å². The second-order valence-corrected chi connectivity index (χ2v) is 15.9. The van der Waals surface area contributed by atoms with E-state index in [0.717, 1.165) is 57.8 Å². The van der Waals surface area contributed by atoms with Crippen LogP contribution < -0.4 is 0 Å². The zero-order chi connectivity index (χ0) is 39.3. The first-order valence-electron chi connectivity index (χ1n) is 20.5. The Kier molecular flexibility index (Phi) is 28.8.